The summed E-state index contributed by atoms with van der Waals surface area (Å²) in [5, 5.41) is 42.9. The fourth-order valence-corrected chi connectivity index (χ4v) is 5.06. The Morgan fingerprint density at radius 3 is 2.30 bits per heavy atom. The molecular formula is C22H20O8. The SMILES string of the molecule is CC(=O)C1=C(O)[C@]2(O)C(=O)C3=C(O)c4c(O)ccc(C(C)=O)c4C[C@@H]3C[C@@H]2CC1=O. The van der Waals surface area contributed by atoms with Gasteiger partial charge in [-0.3, -0.25) is 19.2 Å². The molecule has 0 bridgehead atoms. The van der Waals surface area contributed by atoms with E-state index in [0.29, 0.717) is 11.1 Å². The van der Waals surface area contributed by atoms with E-state index in [0.717, 1.165) is 6.92 Å². The first-order valence-electron chi connectivity index (χ1n) is 9.54. The Bertz CT molecular complexity index is 1120. The molecule has 4 N–H and O–H groups in total. The van der Waals surface area contributed by atoms with Crippen LogP contribution in [0, 0.1) is 11.8 Å². The highest BCUT2D eigenvalue weighted by Gasteiger charge is 2.60. The molecule has 4 rings (SSSR count). The number of ketones is 4. The lowest BCUT2D eigenvalue weighted by Crippen LogP contribution is -2.57. The van der Waals surface area contributed by atoms with Crippen molar-refractivity contribution in [3.8, 4) is 5.75 Å². The molecule has 3 aliphatic carbocycles. The number of aromatic hydroxyl groups is 1. The number of phenolic OH excluding ortho intramolecular Hbond substituents is 1. The monoisotopic (exact) mass is 412 g/mol. The maximum Gasteiger partial charge on any atom is 0.202 e. The molecule has 0 saturated heterocycles. The van der Waals surface area contributed by atoms with Gasteiger partial charge in [0.25, 0.3) is 0 Å². The number of Topliss-reactive ketones (excluding diaryl/α,β-unsaturated/α-hetero) is 4. The second kappa shape index (κ2) is 6.37. The van der Waals surface area contributed by atoms with Crippen molar-refractivity contribution in [3.63, 3.8) is 0 Å². The number of allylic oxidation sites excluding steroid dienone is 1. The molecule has 1 saturated carbocycles. The van der Waals surface area contributed by atoms with E-state index in [1.807, 2.05) is 0 Å². The quantitative estimate of drug-likeness (QED) is 0.424. The Balaban J connectivity index is 1.96. The normalized spacial score (nSPS) is 28.1. The van der Waals surface area contributed by atoms with Crippen LogP contribution in [-0.2, 0) is 20.8 Å². The summed E-state index contributed by atoms with van der Waals surface area (Å²) in [5.41, 5.74) is -2.70. The van der Waals surface area contributed by atoms with Gasteiger partial charge in [0.05, 0.1) is 5.56 Å². The average Bonchev–Trinajstić information content (AvgIpc) is 2.64. The standard InChI is InChI=1S/C22H20O8/c1-8(23)12-3-4-14(25)18-13(12)6-10-5-11-7-15(26)16(9(2)24)20(28)22(11,30)21(29)17(10)19(18)27/h3-4,10-11,25,27-28,30H,5-7H2,1-2H3/t10-,11+,22-/m0/s1. The number of fused-ring (bicyclic) bond motifs is 3. The van der Waals surface area contributed by atoms with Gasteiger partial charge < -0.3 is 20.4 Å². The van der Waals surface area contributed by atoms with Crippen LogP contribution >= 0.6 is 0 Å². The summed E-state index contributed by atoms with van der Waals surface area (Å²) in [7, 11) is 0. The van der Waals surface area contributed by atoms with Crippen LogP contribution in [0.1, 0.15) is 48.2 Å². The lowest BCUT2D eigenvalue weighted by Gasteiger charge is -2.46. The zero-order chi connectivity index (χ0) is 22.1. The number of phenols is 1. The number of carbonyl (C=O) groups excluding carboxylic acids is 4. The summed E-state index contributed by atoms with van der Waals surface area (Å²) in [6, 6.07) is 2.68. The summed E-state index contributed by atoms with van der Waals surface area (Å²) in [6.45, 7) is 2.40. The minimum absolute atomic E-state index is 0.0634. The van der Waals surface area contributed by atoms with E-state index in [9.17, 15) is 39.6 Å². The van der Waals surface area contributed by atoms with Crippen molar-refractivity contribution in [2.75, 3.05) is 0 Å². The smallest absolute Gasteiger partial charge is 0.202 e. The highest BCUT2D eigenvalue weighted by Crippen LogP contribution is 2.52. The van der Waals surface area contributed by atoms with Crippen molar-refractivity contribution < 1.29 is 39.6 Å². The van der Waals surface area contributed by atoms with E-state index in [4.69, 9.17) is 0 Å². The first kappa shape index (κ1) is 20.0. The van der Waals surface area contributed by atoms with E-state index in [-0.39, 0.29) is 41.9 Å². The zero-order valence-electron chi connectivity index (χ0n) is 16.4. The molecule has 0 spiro atoms. The van der Waals surface area contributed by atoms with Crippen LogP contribution in [0.4, 0.5) is 0 Å². The Morgan fingerprint density at radius 1 is 1.03 bits per heavy atom. The van der Waals surface area contributed by atoms with Gasteiger partial charge in [0.1, 0.15) is 22.8 Å². The van der Waals surface area contributed by atoms with Gasteiger partial charge in [-0.1, -0.05) is 0 Å². The molecule has 8 nitrogen and oxygen atoms in total. The molecule has 0 aromatic heterocycles. The third-order valence-electron chi connectivity index (χ3n) is 6.43. The molecule has 0 heterocycles. The number of aliphatic hydroxyl groups is 3. The van der Waals surface area contributed by atoms with E-state index >= 15 is 0 Å². The predicted octanol–water partition coefficient (Wildman–Crippen LogP) is 1.73. The van der Waals surface area contributed by atoms with Crippen LogP contribution < -0.4 is 0 Å². The van der Waals surface area contributed by atoms with Gasteiger partial charge in [-0.25, -0.2) is 0 Å². The van der Waals surface area contributed by atoms with E-state index in [1.54, 1.807) is 0 Å². The second-order valence-corrected chi connectivity index (χ2v) is 8.14. The van der Waals surface area contributed by atoms with Crippen molar-refractivity contribution in [3.05, 3.63) is 45.7 Å². The predicted molar refractivity (Wildman–Crippen MR) is 103 cm³/mol. The fourth-order valence-electron chi connectivity index (χ4n) is 5.06. The third-order valence-corrected chi connectivity index (χ3v) is 6.43. The maximum atomic E-state index is 13.3. The summed E-state index contributed by atoms with van der Waals surface area (Å²) in [5.74, 6) is -6.23. The number of aliphatic hydroxyl groups excluding tert-OH is 2. The largest absolute Gasteiger partial charge is 0.508 e. The topological polar surface area (TPSA) is 149 Å². The van der Waals surface area contributed by atoms with Crippen LogP contribution in [0.2, 0.25) is 0 Å². The van der Waals surface area contributed by atoms with Gasteiger partial charge in [-0.05, 0) is 50.3 Å². The number of hydrogen-bond donors (Lipinski definition) is 4. The molecule has 30 heavy (non-hydrogen) atoms. The Kier molecular flexibility index (Phi) is 4.25. The van der Waals surface area contributed by atoms with Crippen LogP contribution in [-0.4, -0.2) is 49.2 Å². The summed E-state index contributed by atoms with van der Waals surface area (Å²) in [6.07, 6.45) is -0.109. The van der Waals surface area contributed by atoms with E-state index in [1.165, 1.54) is 19.1 Å². The molecule has 1 aromatic rings. The number of hydrogen-bond acceptors (Lipinski definition) is 8. The van der Waals surface area contributed by atoms with Crippen LogP contribution in [0.25, 0.3) is 5.76 Å². The molecule has 1 aromatic carbocycles. The molecule has 3 aliphatic rings. The Labute approximate surface area is 171 Å². The van der Waals surface area contributed by atoms with Crippen molar-refractivity contribution >= 4 is 28.9 Å². The van der Waals surface area contributed by atoms with Gasteiger partial charge in [-0.2, -0.15) is 0 Å². The minimum Gasteiger partial charge on any atom is -0.508 e. The van der Waals surface area contributed by atoms with Crippen LogP contribution in [0.15, 0.2) is 29.0 Å². The Morgan fingerprint density at radius 2 is 1.70 bits per heavy atom. The van der Waals surface area contributed by atoms with Gasteiger partial charge in [0.2, 0.25) is 5.78 Å². The van der Waals surface area contributed by atoms with Gasteiger partial charge in [0, 0.05) is 23.5 Å². The first-order chi connectivity index (χ1) is 14.0. The number of carbonyl (C=O) groups is 4. The molecule has 0 radical (unpaired) electrons. The first-order valence-corrected chi connectivity index (χ1v) is 9.54. The molecule has 1 fully saturated rings. The molecular weight excluding hydrogens is 392 g/mol. The fraction of sp³-hybridized carbons (Fsp3) is 0.364. The van der Waals surface area contributed by atoms with Crippen molar-refractivity contribution in [2.24, 2.45) is 11.8 Å². The van der Waals surface area contributed by atoms with Crippen LogP contribution in [0.3, 0.4) is 0 Å². The molecule has 156 valence electrons. The Hall–Kier alpha value is -3.26. The lowest BCUT2D eigenvalue weighted by atomic mass is 9.59. The molecule has 0 unspecified atom stereocenters. The highest BCUT2D eigenvalue weighted by molar-refractivity contribution is 6.23. The molecule has 0 aliphatic heterocycles. The highest BCUT2D eigenvalue weighted by atomic mass is 16.3. The lowest BCUT2D eigenvalue weighted by molar-refractivity contribution is -0.147. The van der Waals surface area contributed by atoms with Crippen molar-refractivity contribution in [1.82, 2.24) is 0 Å². The zero-order valence-corrected chi connectivity index (χ0v) is 16.4. The van der Waals surface area contributed by atoms with Gasteiger partial charge in [0.15, 0.2) is 23.0 Å². The van der Waals surface area contributed by atoms with Crippen molar-refractivity contribution in [2.45, 2.75) is 38.7 Å². The second-order valence-electron chi connectivity index (χ2n) is 8.14. The maximum absolute atomic E-state index is 13.3. The van der Waals surface area contributed by atoms with Gasteiger partial charge >= 0.3 is 0 Å². The number of benzene rings is 1. The molecule has 8 heteroatoms. The molecule has 3 atom stereocenters. The van der Waals surface area contributed by atoms with E-state index in [2.05, 4.69) is 0 Å². The summed E-state index contributed by atoms with van der Waals surface area (Å²) >= 11 is 0. The molecule has 0 amide bonds. The van der Waals surface area contributed by atoms with Crippen molar-refractivity contribution in [1.29, 1.82) is 0 Å². The van der Waals surface area contributed by atoms with Crippen LogP contribution in [0.5, 0.6) is 5.75 Å². The van der Waals surface area contributed by atoms with E-state index < -0.39 is 51.9 Å². The average molecular weight is 412 g/mol. The summed E-state index contributed by atoms with van der Waals surface area (Å²) < 4.78 is 0. The van der Waals surface area contributed by atoms with Gasteiger partial charge in [-0.15, -0.1) is 0 Å². The third kappa shape index (κ3) is 2.43. The minimum atomic E-state index is -2.51. The number of rotatable bonds is 2. The summed E-state index contributed by atoms with van der Waals surface area (Å²) in [4.78, 5) is 49.5.